The molecule has 3 rings (SSSR count). The molecule has 0 saturated carbocycles. The molecule has 0 aromatic heterocycles. The van der Waals surface area contributed by atoms with E-state index < -0.39 is 0 Å². The van der Waals surface area contributed by atoms with Crippen LogP contribution in [0.1, 0.15) is 93.5 Å². The van der Waals surface area contributed by atoms with Gasteiger partial charge >= 0.3 is 0 Å². The highest BCUT2D eigenvalue weighted by Crippen LogP contribution is 2.26. The average Bonchev–Trinajstić information content (AvgIpc) is 2.96. The van der Waals surface area contributed by atoms with E-state index >= 15 is 0 Å². The summed E-state index contributed by atoms with van der Waals surface area (Å²) in [6.07, 6.45) is 14.4. The third-order valence-corrected chi connectivity index (χ3v) is 6.68. The van der Waals surface area contributed by atoms with Crippen molar-refractivity contribution < 1.29 is 9.18 Å². The van der Waals surface area contributed by atoms with Crippen molar-refractivity contribution in [2.75, 3.05) is 11.9 Å². The van der Waals surface area contributed by atoms with E-state index in [0.717, 1.165) is 29.8 Å². The van der Waals surface area contributed by atoms with Crippen molar-refractivity contribution in [3.8, 4) is 12.3 Å². The topological polar surface area (TPSA) is 29.1 Å². The first kappa shape index (κ1) is 33.4. The van der Waals surface area contributed by atoms with Crippen molar-refractivity contribution in [3.05, 3.63) is 106 Å². The molecule has 39 heavy (non-hydrogen) atoms. The van der Waals surface area contributed by atoms with Crippen LogP contribution in [-0.4, -0.2) is 13.3 Å². The first-order valence-electron chi connectivity index (χ1n) is 14.0. The van der Waals surface area contributed by atoms with E-state index in [0.29, 0.717) is 12.3 Å². The lowest BCUT2D eigenvalue weighted by Gasteiger charge is -2.15. The molecule has 208 valence electrons. The molecule has 2 nitrogen and oxygen atoms in total. The second-order valence-corrected chi connectivity index (χ2v) is 9.63. The number of hydrogen-bond donors (Lipinski definition) is 1. The van der Waals surface area contributed by atoms with E-state index in [1.54, 1.807) is 6.07 Å². The Bertz CT molecular complexity index is 1170. The van der Waals surface area contributed by atoms with Gasteiger partial charge in [0.2, 0.25) is 0 Å². The number of rotatable bonds is 11. The average molecular weight is 528 g/mol. The molecule has 0 radical (unpaired) electrons. The Labute approximate surface area is 236 Å². The van der Waals surface area contributed by atoms with Crippen LogP contribution in [-0.2, 0) is 11.2 Å². The standard InChI is InChI=1S/C20H24FN.C15H20.CH2O/c1-4-7-15(2)19-14-18(11-10-16(19)3)22-13-12-17-8-5-6-9-20(17)21;1-4-7-14(8-5-2)15-11-9-13(6-3)10-12-15;1-2/h5-11,14,22H,4,12-13H2,1-3H3;3,9-12,14H,4-5,7-8H2,1-2H3;1H2/b15-7-;;. The SMILES string of the molecule is C#Cc1ccc(C(CCC)CCC)cc1.C=O.CC/C=C(/C)c1cc(NCCc2ccccc2F)ccc1C. The van der Waals surface area contributed by atoms with E-state index in [1.165, 1.54) is 54.0 Å². The van der Waals surface area contributed by atoms with Crippen LogP contribution in [0.2, 0.25) is 0 Å². The molecule has 0 atom stereocenters. The number of carbonyl (C=O) groups is 1. The van der Waals surface area contributed by atoms with Crippen molar-refractivity contribution in [1.29, 1.82) is 0 Å². The fourth-order valence-electron chi connectivity index (χ4n) is 4.64. The molecule has 0 bridgehead atoms. The summed E-state index contributed by atoms with van der Waals surface area (Å²) in [5.74, 6) is 3.24. The number of terminal acetylenes is 1. The molecule has 3 aromatic carbocycles. The quantitative estimate of drug-likeness (QED) is 0.251. The van der Waals surface area contributed by atoms with Gasteiger partial charge in [0.1, 0.15) is 12.6 Å². The summed E-state index contributed by atoms with van der Waals surface area (Å²) in [4.78, 5) is 8.00. The Balaban J connectivity index is 0.000000391. The maximum absolute atomic E-state index is 13.6. The van der Waals surface area contributed by atoms with Gasteiger partial charge in [-0.2, -0.15) is 0 Å². The third kappa shape index (κ3) is 11.7. The molecule has 0 fully saturated rings. The summed E-state index contributed by atoms with van der Waals surface area (Å²) in [6.45, 7) is 13.6. The fraction of sp³-hybridized carbons (Fsp3) is 0.361. The molecule has 0 amide bonds. The van der Waals surface area contributed by atoms with Gasteiger partial charge in [-0.15, -0.1) is 6.42 Å². The van der Waals surface area contributed by atoms with Crippen LogP contribution in [0.25, 0.3) is 5.57 Å². The number of halogens is 1. The van der Waals surface area contributed by atoms with Gasteiger partial charge in [-0.1, -0.05) is 82.0 Å². The highest BCUT2D eigenvalue weighted by molar-refractivity contribution is 5.70. The molecular weight excluding hydrogens is 481 g/mol. The lowest BCUT2D eigenvalue weighted by Crippen LogP contribution is -2.06. The molecule has 0 unspecified atom stereocenters. The summed E-state index contributed by atoms with van der Waals surface area (Å²) in [6, 6.07) is 21.8. The van der Waals surface area contributed by atoms with Gasteiger partial charge in [0.25, 0.3) is 0 Å². The smallest absolute Gasteiger partial charge is 0.126 e. The van der Waals surface area contributed by atoms with Crippen molar-refractivity contribution >= 4 is 18.0 Å². The number of allylic oxidation sites excluding steroid dienone is 2. The normalized spacial score (nSPS) is 10.6. The molecule has 0 aliphatic rings. The Hall–Kier alpha value is -3.64. The van der Waals surface area contributed by atoms with Gasteiger partial charge in [0, 0.05) is 17.8 Å². The predicted octanol–water partition coefficient (Wildman–Crippen LogP) is 9.77. The molecule has 1 N–H and O–H groups in total. The second-order valence-electron chi connectivity index (χ2n) is 9.63. The third-order valence-electron chi connectivity index (χ3n) is 6.68. The van der Waals surface area contributed by atoms with Gasteiger partial charge in [-0.3, -0.25) is 0 Å². The number of benzene rings is 3. The maximum Gasteiger partial charge on any atom is 0.126 e. The monoisotopic (exact) mass is 527 g/mol. The van der Waals surface area contributed by atoms with Crippen LogP contribution in [0.5, 0.6) is 0 Å². The van der Waals surface area contributed by atoms with Crippen LogP contribution in [0.4, 0.5) is 10.1 Å². The van der Waals surface area contributed by atoms with Crippen molar-refractivity contribution in [2.45, 2.75) is 79.1 Å². The Morgan fingerprint density at radius 3 is 2.21 bits per heavy atom. The van der Waals surface area contributed by atoms with Gasteiger partial charge in [-0.05, 0) is 104 Å². The summed E-state index contributed by atoms with van der Waals surface area (Å²) < 4.78 is 13.6. The molecule has 0 spiro atoms. The first-order valence-corrected chi connectivity index (χ1v) is 14.0. The molecule has 0 heterocycles. The van der Waals surface area contributed by atoms with E-state index in [2.05, 4.69) is 82.3 Å². The summed E-state index contributed by atoms with van der Waals surface area (Å²) >= 11 is 0. The minimum Gasteiger partial charge on any atom is -0.385 e. The molecular formula is C36H46FNO. The van der Waals surface area contributed by atoms with Crippen LogP contribution in [0.15, 0.2) is 72.8 Å². The van der Waals surface area contributed by atoms with E-state index in [-0.39, 0.29) is 5.82 Å². The zero-order valence-corrected chi connectivity index (χ0v) is 24.5. The number of hydrogen-bond acceptors (Lipinski definition) is 2. The summed E-state index contributed by atoms with van der Waals surface area (Å²) in [5.41, 5.74) is 8.12. The van der Waals surface area contributed by atoms with Crippen LogP contribution in [0, 0.1) is 25.1 Å². The van der Waals surface area contributed by atoms with Gasteiger partial charge in [0.15, 0.2) is 0 Å². The number of nitrogens with one attached hydrogen (secondary N) is 1. The van der Waals surface area contributed by atoms with Crippen molar-refractivity contribution in [3.63, 3.8) is 0 Å². The highest BCUT2D eigenvalue weighted by atomic mass is 19.1. The molecule has 3 aromatic rings. The second kappa shape index (κ2) is 19.4. The molecule has 0 aliphatic heterocycles. The van der Waals surface area contributed by atoms with Crippen LogP contribution in [0.3, 0.4) is 0 Å². The number of carbonyl (C=O) groups excluding carboxylic acids is 1. The summed E-state index contributed by atoms with van der Waals surface area (Å²) in [5, 5.41) is 3.39. The first-order chi connectivity index (χ1) is 18.9. The van der Waals surface area contributed by atoms with Gasteiger partial charge in [-0.25, -0.2) is 4.39 Å². The molecule has 0 aliphatic carbocycles. The van der Waals surface area contributed by atoms with Crippen molar-refractivity contribution in [2.24, 2.45) is 0 Å². The Morgan fingerprint density at radius 1 is 1.00 bits per heavy atom. The largest absolute Gasteiger partial charge is 0.385 e. The van der Waals surface area contributed by atoms with E-state index in [9.17, 15) is 4.39 Å². The number of anilines is 1. The Kier molecular flexibility index (Phi) is 16.6. The van der Waals surface area contributed by atoms with E-state index in [1.807, 2.05) is 31.1 Å². The predicted molar refractivity (Wildman–Crippen MR) is 168 cm³/mol. The van der Waals surface area contributed by atoms with Crippen LogP contribution < -0.4 is 5.32 Å². The van der Waals surface area contributed by atoms with Crippen LogP contribution >= 0.6 is 0 Å². The minimum absolute atomic E-state index is 0.129. The summed E-state index contributed by atoms with van der Waals surface area (Å²) in [7, 11) is 0. The van der Waals surface area contributed by atoms with Gasteiger partial charge < -0.3 is 10.1 Å². The van der Waals surface area contributed by atoms with E-state index in [4.69, 9.17) is 11.2 Å². The molecule has 3 heteroatoms. The number of aryl methyl sites for hydroxylation is 1. The maximum atomic E-state index is 13.6. The zero-order valence-electron chi connectivity index (χ0n) is 24.5. The van der Waals surface area contributed by atoms with Gasteiger partial charge in [0.05, 0.1) is 0 Å². The fourth-order valence-corrected chi connectivity index (χ4v) is 4.64. The molecule has 0 saturated heterocycles. The minimum atomic E-state index is -0.129. The highest BCUT2D eigenvalue weighted by Gasteiger charge is 2.09. The zero-order chi connectivity index (χ0) is 29.0. The lowest BCUT2D eigenvalue weighted by atomic mass is 9.90. The lowest BCUT2D eigenvalue weighted by molar-refractivity contribution is -0.0980. The Morgan fingerprint density at radius 2 is 1.64 bits per heavy atom. The van der Waals surface area contributed by atoms with Crippen molar-refractivity contribution in [1.82, 2.24) is 0 Å².